The molecule has 4 nitrogen and oxygen atoms in total. The second-order valence-corrected chi connectivity index (χ2v) is 7.73. The second-order valence-electron chi connectivity index (χ2n) is 5.94. The average Bonchev–Trinajstić information content (AvgIpc) is 3.03. The third kappa shape index (κ3) is 2.49. The first-order chi connectivity index (χ1) is 9.88. The number of hydrogen-bond donors (Lipinski definition) is 1. The summed E-state index contributed by atoms with van der Waals surface area (Å²) < 4.78 is 2.02. The highest BCUT2D eigenvalue weighted by Crippen LogP contribution is 2.35. The van der Waals surface area contributed by atoms with E-state index >= 15 is 0 Å². The molecule has 3 aromatic heterocycles. The number of carboxylic acid groups (broad SMARTS) is 1. The van der Waals surface area contributed by atoms with Crippen molar-refractivity contribution < 1.29 is 9.90 Å². The van der Waals surface area contributed by atoms with E-state index in [0.717, 1.165) is 26.9 Å². The van der Waals surface area contributed by atoms with E-state index in [2.05, 4.69) is 31.1 Å². The van der Waals surface area contributed by atoms with Crippen molar-refractivity contribution in [2.75, 3.05) is 0 Å². The Labute approximate surface area is 130 Å². The van der Waals surface area contributed by atoms with E-state index < -0.39 is 5.97 Å². The standard InChI is InChI=1S/C15H16N2O2S2/c1-15(2,3)11-8-21-14-16-13(10-5-4-6-20-10)9(17(11)14)7-12(18)19/h4-6,8H,7H2,1-3H3,(H,18,19). The highest BCUT2D eigenvalue weighted by Gasteiger charge is 2.25. The molecule has 0 saturated heterocycles. The normalized spacial score (nSPS) is 12.1. The molecule has 1 N–H and O–H groups in total. The van der Waals surface area contributed by atoms with Gasteiger partial charge in [0.25, 0.3) is 0 Å². The van der Waals surface area contributed by atoms with Crippen LogP contribution in [0.2, 0.25) is 0 Å². The zero-order valence-corrected chi connectivity index (χ0v) is 13.7. The molecule has 21 heavy (non-hydrogen) atoms. The van der Waals surface area contributed by atoms with E-state index in [-0.39, 0.29) is 11.8 Å². The predicted molar refractivity (Wildman–Crippen MR) is 86.4 cm³/mol. The van der Waals surface area contributed by atoms with Gasteiger partial charge in [-0.05, 0) is 11.4 Å². The maximum Gasteiger partial charge on any atom is 0.309 e. The van der Waals surface area contributed by atoms with E-state index in [1.807, 2.05) is 21.9 Å². The van der Waals surface area contributed by atoms with E-state index in [9.17, 15) is 9.90 Å². The van der Waals surface area contributed by atoms with Crippen LogP contribution in [0.5, 0.6) is 0 Å². The summed E-state index contributed by atoms with van der Waals surface area (Å²) in [5.41, 5.74) is 2.61. The number of fused-ring (bicyclic) bond motifs is 1. The monoisotopic (exact) mass is 320 g/mol. The first-order valence-corrected chi connectivity index (χ1v) is 8.39. The fraction of sp³-hybridized carbons (Fsp3) is 0.333. The van der Waals surface area contributed by atoms with Crippen LogP contribution in [0.25, 0.3) is 15.5 Å². The Morgan fingerprint density at radius 3 is 2.71 bits per heavy atom. The van der Waals surface area contributed by atoms with Crippen molar-refractivity contribution in [3.63, 3.8) is 0 Å². The lowest BCUT2D eigenvalue weighted by molar-refractivity contribution is -0.136. The molecule has 0 aliphatic rings. The van der Waals surface area contributed by atoms with Gasteiger partial charge in [0, 0.05) is 16.5 Å². The summed E-state index contributed by atoms with van der Waals surface area (Å²) in [6.45, 7) is 6.39. The SMILES string of the molecule is CC(C)(C)c1csc2nc(-c3cccs3)c(CC(=O)O)n12. The number of thiazole rings is 1. The number of aromatic nitrogens is 2. The molecular formula is C15H16N2O2S2. The molecule has 0 atom stereocenters. The Morgan fingerprint density at radius 1 is 1.38 bits per heavy atom. The van der Waals surface area contributed by atoms with E-state index in [0.29, 0.717) is 0 Å². The van der Waals surface area contributed by atoms with Gasteiger partial charge in [-0.15, -0.1) is 22.7 Å². The minimum atomic E-state index is -0.833. The smallest absolute Gasteiger partial charge is 0.309 e. The number of hydrogen-bond acceptors (Lipinski definition) is 4. The van der Waals surface area contributed by atoms with Gasteiger partial charge in [0.1, 0.15) is 5.69 Å². The summed E-state index contributed by atoms with van der Waals surface area (Å²) in [5, 5.41) is 13.3. The van der Waals surface area contributed by atoms with Gasteiger partial charge in [0.2, 0.25) is 0 Å². The van der Waals surface area contributed by atoms with Gasteiger partial charge < -0.3 is 5.11 Å². The van der Waals surface area contributed by atoms with Crippen molar-refractivity contribution in [3.8, 4) is 10.6 Å². The number of imidazole rings is 1. The molecule has 3 heterocycles. The minimum absolute atomic E-state index is 0.0196. The zero-order chi connectivity index (χ0) is 15.2. The van der Waals surface area contributed by atoms with E-state index in [1.54, 1.807) is 22.7 Å². The topological polar surface area (TPSA) is 54.6 Å². The summed E-state index contributed by atoms with van der Waals surface area (Å²) in [7, 11) is 0. The largest absolute Gasteiger partial charge is 0.481 e. The van der Waals surface area contributed by atoms with Crippen LogP contribution in [-0.4, -0.2) is 20.5 Å². The molecule has 0 aliphatic heterocycles. The minimum Gasteiger partial charge on any atom is -0.481 e. The third-order valence-electron chi connectivity index (χ3n) is 3.30. The van der Waals surface area contributed by atoms with Gasteiger partial charge in [-0.3, -0.25) is 9.20 Å². The molecule has 0 spiro atoms. The summed E-state index contributed by atoms with van der Waals surface area (Å²) >= 11 is 3.15. The van der Waals surface area contributed by atoms with Crippen LogP contribution in [0.1, 0.15) is 32.2 Å². The Hall–Kier alpha value is -1.66. The number of thiophene rings is 1. The van der Waals surface area contributed by atoms with Crippen LogP contribution in [0.4, 0.5) is 0 Å². The van der Waals surface area contributed by atoms with Gasteiger partial charge in [0.05, 0.1) is 17.0 Å². The quantitative estimate of drug-likeness (QED) is 0.792. The summed E-state index contributed by atoms with van der Waals surface area (Å²) in [6, 6.07) is 3.95. The summed E-state index contributed by atoms with van der Waals surface area (Å²) in [6.07, 6.45) is -0.0196. The lowest BCUT2D eigenvalue weighted by Gasteiger charge is -2.18. The van der Waals surface area contributed by atoms with Gasteiger partial charge in [-0.2, -0.15) is 0 Å². The lowest BCUT2D eigenvalue weighted by atomic mass is 9.93. The van der Waals surface area contributed by atoms with Crippen LogP contribution in [0.3, 0.4) is 0 Å². The third-order valence-corrected chi connectivity index (χ3v) is 5.00. The molecule has 0 aromatic carbocycles. The van der Waals surface area contributed by atoms with Crippen molar-refractivity contribution in [1.82, 2.24) is 9.38 Å². The molecule has 0 unspecified atom stereocenters. The molecular weight excluding hydrogens is 304 g/mol. The lowest BCUT2D eigenvalue weighted by Crippen LogP contribution is -2.16. The Kier molecular flexibility index (Phi) is 3.37. The highest BCUT2D eigenvalue weighted by atomic mass is 32.1. The molecule has 0 saturated carbocycles. The number of aliphatic carboxylic acids is 1. The van der Waals surface area contributed by atoms with Gasteiger partial charge in [-0.25, -0.2) is 4.98 Å². The van der Waals surface area contributed by atoms with Gasteiger partial charge >= 0.3 is 5.97 Å². The van der Waals surface area contributed by atoms with Crippen molar-refractivity contribution in [1.29, 1.82) is 0 Å². The van der Waals surface area contributed by atoms with E-state index in [4.69, 9.17) is 0 Å². The summed E-state index contributed by atoms with van der Waals surface area (Å²) in [5.74, 6) is -0.833. The van der Waals surface area contributed by atoms with Gasteiger partial charge in [0.15, 0.2) is 4.96 Å². The van der Waals surface area contributed by atoms with Crippen molar-refractivity contribution in [2.45, 2.75) is 32.6 Å². The van der Waals surface area contributed by atoms with Crippen LogP contribution in [-0.2, 0) is 16.6 Å². The summed E-state index contributed by atoms with van der Waals surface area (Å²) in [4.78, 5) is 17.8. The van der Waals surface area contributed by atoms with Crippen LogP contribution < -0.4 is 0 Å². The average molecular weight is 320 g/mol. The van der Waals surface area contributed by atoms with Crippen molar-refractivity contribution in [2.24, 2.45) is 0 Å². The molecule has 3 rings (SSSR count). The van der Waals surface area contributed by atoms with Crippen LogP contribution in [0, 0.1) is 0 Å². The number of rotatable bonds is 3. The van der Waals surface area contributed by atoms with Crippen molar-refractivity contribution in [3.05, 3.63) is 34.3 Å². The Balaban J connectivity index is 2.30. The first-order valence-electron chi connectivity index (χ1n) is 6.63. The molecule has 0 fully saturated rings. The fourth-order valence-corrected chi connectivity index (χ4v) is 4.22. The number of nitrogens with zero attached hydrogens (tertiary/aromatic N) is 2. The van der Waals surface area contributed by atoms with Crippen molar-refractivity contribution >= 4 is 33.6 Å². The van der Waals surface area contributed by atoms with E-state index in [1.165, 1.54) is 0 Å². The molecule has 3 aromatic rings. The Bertz CT molecular complexity index is 792. The highest BCUT2D eigenvalue weighted by molar-refractivity contribution is 7.15. The maximum absolute atomic E-state index is 11.3. The molecule has 110 valence electrons. The predicted octanol–water partition coefficient (Wildman–Crippen LogP) is 4.05. The van der Waals surface area contributed by atoms with Crippen LogP contribution >= 0.6 is 22.7 Å². The first kappa shape index (κ1) is 14.3. The molecule has 0 bridgehead atoms. The second kappa shape index (κ2) is 4.96. The molecule has 0 radical (unpaired) electrons. The molecule has 6 heteroatoms. The Morgan fingerprint density at radius 2 is 2.14 bits per heavy atom. The van der Waals surface area contributed by atoms with Crippen LogP contribution in [0.15, 0.2) is 22.9 Å². The molecule has 0 aliphatic carbocycles. The van der Waals surface area contributed by atoms with Gasteiger partial charge in [-0.1, -0.05) is 26.8 Å². The zero-order valence-electron chi connectivity index (χ0n) is 12.1. The number of carbonyl (C=O) groups is 1. The number of carboxylic acids is 1. The fourth-order valence-electron chi connectivity index (χ4n) is 2.35. The molecule has 0 amide bonds. The maximum atomic E-state index is 11.3.